The SMILES string of the molecule is Cc1c(C(=O)NCCC2=CCCCC2)cnn1-c1ccccc1F. The normalized spacial score (nSPS) is 14.3. The summed E-state index contributed by atoms with van der Waals surface area (Å²) in [6, 6.07) is 6.41. The lowest BCUT2D eigenvalue weighted by molar-refractivity contribution is 0.0953. The second kappa shape index (κ2) is 7.43. The molecular formula is C19H22FN3O. The molecule has 1 aromatic heterocycles. The molecule has 0 radical (unpaired) electrons. The number of para-hydroxylation sites is 1. The molecule has 4 nitrogen and oxygen atoms in total. The molecule has 0 spiro atoms. The van der Waals surface area contributed by atoms with Crippen molar-refractivity contribution in [3.8, 4) is 5.69 Å². The summed E-state index contributed by atoms with van der Waals surface area (Å²) >= 11 is 0. The molecule has 1 aliphatic rings. The molecule has 24 heavy (non-hydrogen) atoms. The van der Waals surface area contributed by atoms with Crippen molar-refractivity contribution in [3.63, 3.8) is 0 Å². The summed E-state index contributed by atoms with van der Waals surface area (Å²) in [6.45, 7) is 2.40. The molecular weight excluding hydrogens is 305 g/mol. The van der Waals surface area contributed by atoms with E-state index in [0.717, 1.165) is 19.3 Å². The molecule has 1 N–H and O–H groups in total. The number of carbonyl (C=O) groups excluding carboxylic acids is 1. The van der Waals surface area contributed by atoms with Gasteiger partial charge in [0.05, 0.1) is 17.5 Å². The van der Waals surface area contributed by atoms with Gasteiger partial charge in [-0.05, 0) is 51.2 Å². The van der Waals surface area contributed by atoms with E-state index in [1.165, 1.54) is 35.4 Å². The number of benzene rings is 1. The molecule has 1 amide bonds. The minimum atomic E-state index is -0.361. The highest BCUT2D eigenvalue weighted by molar-refractivity contribution is 5.95. The number of hydrogen-bond donors (Lipinski definition) is 1. The quantitative estimate of drug-likeness (QED) is 0.846. The summed E-state index contributed by atoms with van der Waals surface area (Å²) in [5, 5.41) is 7.11. The lowest BCUT2D eigenvalue weighted by atomic mass is 9.97. The van der Waals surface area contributed by atoms with Crippen LogP contribution in [-0.2, 0) is 0 Å². The first-order valence-electron chi connectivity index (χ1n) is 8.42. The van der Waals surface area contributed by atoms with E-state index in [4.69, 9.17) is 0 Å². The minimum absolute atomic E-state index is 0.161. The Hall–Kier alpha value is -2.43. The fourth-order valence-electron chi connectivity index (χ4n) is 3.06. The average Bonchev–Trinajstić information content (AvgIpc) is 2.98. The summed E-state index contributed by atoms with van der Waals surface area (Å²) in [7, 11) is 0. The maximum absolute atomic E-state index is 13.9. The monoisotopic (exact) mass is 327 g/mol. The van der Waals surface area contributed by atoms with Crippen molar-refractivity contribution < 1.29 is 9.18 Å². The van der Waals surface area contributed by atoms with Gasteiger partial charge in [0.15, 0.2) is 0 Å². The molecule has 0 aliphatic heterocycles. The van der Waals surface area contributed by atoms with Gasteiger partial charge in [-0.15, -0.1) is 0 Å². The number of amides is 1. The second-order valence-electron chi connectivity index (χ2n) is 6.12. The van der Waals surface area contributed by atoms with Crippen LogP contribution in [0.3, 0.4) is 0 Å². The Kier molecular flexibility index (Phi) is 5.08. The lowest BCUT2D eigenvalue weighted by Crippen LogP contribution is -2.25. The Bertz CT molecular complexity index is 764. The van der Waals surface area contributed by atoms with Gasteiger partial charge < -0.3 is 5.32 Å². The standard InChI is InChI=1S/C19H22FN3O/c1-14-16(13-22-23(14)18-10-6-5-9-17(18)20)19(24)21-12-11-15-7-3-2-4-8-15/h5-7,9-10,13H,2-4,8,11-12H2,1H3,(H,21,24). The predicted octanol–water partition coefficient (Wildman–Crippen LogP) is 3.94. The summed E-state index contributed by atoms with van der Waals surface area (Å²) in [5.41, 5.74) is 2.90. The zero-order chi connectivity index (χ0) is 16.9. The van der Waals surface area contributed by atoms with Crippen molar-refractivity contribution in [2.45, 2.75) is 39.0 Å². The molecule has 1 heterocycles. The highest BCUT2D eigenvalue weighted by Gasteiger charge is 2.16. The number of aromatic nitrogens is 2. The Balaban J connectivity index is 1.66. The maximum Gasteiger partial charge on any atom is 0.254 e. The molecule has 0 atom stereocenters. The molecule has 3 rings (SSSR count). The second-order valence-corrected chi connectivity index (χ2v) is 6.12. The van der Waals surface area contributed by atoms with Gasteiger partial charge in [0.2, 0.25) is 0 Å². The van der Waals surface area contributed by atoms with Crippen molar-refractivity contribution in [1.82, 2.24) is 15.1 Å². The van der Waals surface area contributed by atoms with Crippen molar-refractivity contribution in [1.29, 1.82) is 0 Å². The van der Waals surface area contributed by atoms with Crippen LogP contribution in [0.4, 0.5) is 4.39 Å². The smallest absolute Gasteiger partial charge is 0.254 e. The molecule has 0 fully saturated rings. The molecule has 2 aromatic rings. The van der Waals surface area contributed by atoms with Crippen LogP contribution < -0.4 is 5.32 Å². The number of carbonyl (C=O) groups is 1. The Morgan fingerprint density at radius 1 is 1.33 bits per heavy atom. The van der Waals surface area contributed by atoms with E-state index in [1.54, 1.807) is 25.1 Å². The van der Waals surface area contributed by atoms with Crippen LogP contribution in [0, 0.1) is 12.7 Å². The fourth-order valence-corrected chi connectivity index (χ4v) is 3.06. The van der Waals surface area contributed by atoms with Crippen LogP contribution in [0.2, 0.25) is 0 Å². The van der Waals surface area contributed by atoms with Crippen LogP contribution in [-0.4, -0.2) is 22.2 Å². The van der Waals surface area contributed by atoms with E-state index in [2.05, 4.69) is 16.5 Å². The maximum atomic E-state index is 13.9. The van der Waals surface area contributed by atoms with Gasteiger partial charge >= 0.3 is 0 Å². The van der Waals surface area contributed by atoms with E-state index in [0.29, 0.717) is 23.5 Å². The number of hydrogen-bond acceptors (Lipinski definition) is 2. The van der Waals surface area contributed by atoms with Crippen molar-refractivity contribution in [2.75, 3.05) is 6.54 Å². The zero-order valence-corrected chi connectivity index (χ0v) is 13.9. The first-order chi connectivity index (χ1) is 11.7. The molecule has 0 bridgehead atoms. The molecule has 0 saturated carbocycles. The van der Waals surface area contributed by atoms with Gasteiger partial charge in [-0.3, -0.25) is 4.79 Å². The Morgan fingerprint density at radius 2 is 2.17 bits per heavy atom. The zero-order valence-electron chi connectivity index (χ0n) is 13.9. The number of rotatable bonds is 5. The number of allylic oxidation sites excluding steroid dienone is 1. The van der Waals surface area contributed by atoms with Crippen LogP contribution in [0.15, 0.2) is 42.1 Å². The van der Waals surface area contributed by atoms with Gasteiger partial charge in [-0.2, -0.15) is 5.10 Å². The Morgan fingerprint density at radius 3 is 2.92 bits per heavy atom. The third-order valence-corrected chi connectivity index (χ3v) is 4.45. The number of nitrogens with zero attached hydrogens (tertiary/aromatic N) is 2. The third kappa shape index (κ3) is 3.55. The Labute approximate surface area is 141 Å². The summed E-state index contributed by atoms with van der Waals surface area (Å²) in [5.74, 6) is -0.522. The topological polar surface area (TPSA) is 46.9 Å². The molecule has 126 valence electrons. The molecule has 0 unspecified atom stereocenters. The van der Waals surface area contributed by atoms with Gasteiger partial charge in [0.25, 0.3) is 5.91 Å². The van der Waals surface area contributed by atoms with Crippen LogP contribution >= 0.6 is 0 Å². The first kappa shape index (κ1) is 16.4. The average molecular weight is 327 g/mol. The van der Waals surface area contributed by atoms with E-state index >= 15 is 0 Å². The van der Waals surface area contributed by atoms with E-state index in [9.17, 15) is 9.18 Å². The summed E-state index contributed by atoms with van der Waals surface area (Å²) < 4.78 is 15.4. The number of halogens is 1. The first-order valence-corrected chi connectivity index (χ1v) is 8.42. The van der Waals surface area contributed by atoms with Crippen LogP contribution in [0.25, 0.3) is 5.69 Å². The van der Waals surface area contributed by atoms with E-state index in [-0.39, 0.29) is 11.7 Å². The van der Waals surface area contributed by atoms with E-state index in [1.807, 2.05) is 0 Å². The largest absolute Gasteiger partial charge is 0.352 e. The molecule has 1 aromatic carbocycles. The van der Waals surface area contributed by atoms with Gasteiger partial charge in [-0.25, -0.2) is 9.07 Å². The van der Waals surface area contributed by atoms with Crippen LogP contribution in [0.5, 0.6) is 0 Å². The van der Waals surface area contributed by atoms with Crippen molar-refractivity contribution in [3.05, 3.63) is 59.2 Å². The van der Waals surface area contributed by atoms with E-state index < -0.39 is 0 Å². The van der Waals surface area contributed by atoms with Gasteiger partial charge in [-0.1, -0.05) is 23.8 Å². The molecule has 0 saturated heterocycles. The molecule has 1 aliphatic carbocycles. The van der Waals surface area contributed by atoms with Crippen molar-refractivity contribution in [2.24, 2.45) is 0 Å². The van der Waals surface area contributed by atoms with Crippen molar-refractivity contribution >= 4 is 5.91 Å². The molecule has 5 heteroatoms. The fraction of sp³-hybridized carbons (Fsp3) is 0.368. The van der Waals surface area contributed by atoms with Crippen LogP contribution in [0.1, 0.15) is 48.2 Å². The minimum Gasteiger partial charge on any atom is -0.352 e. The highest BCUT2D eigenvalue weighted by Crippen LogP contribution is 2.20. The van der Waals surface area contributed by atoms with Gasteiger partial charge in [0, 0.05) is 6.54 Å². The highest BCUT2D eigenvalue weighted by atomic mass is 19.1. The van der Waals surface area contributed by atoms with Gasteiger partial charge in [0.1, 0.15) is 11.5 Å². The summed E-state index contributed by atoms with van der Waals surface area (Å²) in [6.07, 6.45) is 9.48. The summed E-state index contributed by atoms with van der Waals surface area (Å²) in [4.78, 5) is 12.4. The lowest BCUT2D eigenvalue weighted by Gasteiger charge is -2.13. The predicted molar refractivity (Wildman–Crippen MR) is 91.8 cm³/mol. The number of nitrogens with one attached hydrogen (secondary N) is 1. The third-order valence-electron chi connectivity index (χ3n) is 4.45.